The first-order chi connectivity index (χ1) is 7.20. The third kappa shape index (κ3) is 9.53. The number of hydrogen-bond donors (Lipinski definition) is 3. The molecule has 0 spiro atoms. The summed E-state index contributed by atoms with van der Waals surface area (Å²) in [7, 11) is 0. The molecule has 0 heterocycles. The average molecular weight is 215 g/mol. The molecule has 0 radical (unpaired) electrons. The van der Waals surface area contributed by atoms with Gasteiger partial charge in [-0.25, -0.2) is 0 Å². The SMILES string of the molecule is CCNC(=NCCCC(C)C)NCCO. The quantitative estimate of drug-likeness (QED) is 0.337. The summed E-state index contributed by atoms with van der Waals surface area (Å²) in [5, 5.41) is 14.9. The molecular weight excluding hydrogens is 190 g/mol. The maximum Gasteiger partial charge on any atom is 0.191 e. The molecule has 0 rings (SSSR count). The van der Waals surface area contributed by atoms with Crippen LogP contribution in [0.5, 0.6) is 0 Å². The van der Waals surface area contributed by atoms with Gasteiger partial charge in [-0.05, 0) is 25.7 Å². The predicted octanol–water partition coefficient (Wildman–Crippen LogP) is 0.970. The van der Waals surface area contributed by atoms with E-state index in [1.54, 1.807) is 0 Å². The Bertz CT molecular complexity index is 169. The lowest BCUT2D eigenvalue weighted by Gasteiger charge is -2.10. The Morgan fingerprint density at radius 2 is 2.07 bits per heavy atom. The smallest absolute Gasteiger partial charge is 0.191 e. The lowest BCUT2D eigenvalue weighted by atomic mass is 10.1. The van der Waals surface area contributed by atoms with Gasteiger partial charge in [0.1, 0.15) is 0 Å². The van der Waals surface area contributed by atoms with Gasteiger partial charge in [0.2, 0.25) is 0 Å². The van der Waals surface area contributed by atoms with Gasteiger partial charge in [0.25, 0.3) is 0 Å². The maximum atomic E-state index is 8.68. The van der Waals surface area contributed by atoms with Crippen molar-refractivity contribution in [3.05, 3.63) is 0 Å². The van der Waals surface area contributed by atoms with E-state index in [9.17, 15) is 0 Å². The van der Waals surface area contributed by atoms with Crippen LogP contribution in [0.15, 0.2) is 4.99 Å². The monoisotopic (exact) mass is 215 g/mol. The van der Waals surface area contributed by atoms with E-state index in [-0.39, 0.29) is 6.61 Å². The summed E-state index contributed by atoms with van der Waals surface area (Å²) >= 11 is 0. The van der Waals surface area contributed by atoms with Crippen LogP contribution in [-0.2, 0) is 0 Å². The van der Waals surface area contributed by atoms with Crippen molar-refractivity contribution in [1.29, 1.82) is 0 Å². The zero-order valence-electron chi connectivity index (χ0n) is 10.2. The zero-order valence-corrected chi connectivity index (χ0v) is 10.2. The number of aliphatic hydroxyl groups is 1. The summed E-state index contributed by atoms with van der Waals surface area (Å²) in [5.41, 5.74) is 0. The van der Waals surface area contributed by atoms with Gasteiger partial charge in [-0.2, -0.15) is 0 Å². The van der Waals surface area contributed by atoms with Crippen molar-refractivity contribution in [1.82, 2.24) is 10.6 Å². The van der Waals surface area contributed by atoms with Crippen molar-refractivity contribution < 1.29 is 5.11 Å². The van der Waals surface area contributed by atoms with Crippen LogP contribution in [0.3, 0.4) is 0 Å². The van der Waals surface area contributed by atoms with Crippen LogP contribution in [0.25, 0.3) is 0 Å². The Labute approximate surface area is 93.2 Å². The lowest BCUT2D eigenvalue weighted by Crippen LogP contribution is -2.38. The van der Waals surface area contributed by atoms with Gasteiger partial charge in [0.15, 0.2) is 5.96 Å². The van der Waals surface area contributed by atoms with Crippen LogP contribution < -0.4 is 10.6 Å². The molecule has 4 heteroatoms. The van der Waals surface area contributed by atoms with Gasteiger partial charge in [-0.3, -0.25) is 4.99 Å². The maximum absolute atomic E-state index is 8.68. The molecule has 0 aromatic rings. The molecule has 0 bridgehead atoms. The number of nitrogens with zero attached hydrogens (tertiary/aromatic N) is 1. The Balaban J connectivity index is 3.72. The van der Waals surface area contributed by atoms with Gasteiger partial charge in [-0.1, -0.05) is 13.8 Å². The summed E-state index contributed by atoms with van der Waals surface area (Å²) in [5.74, 6) is 1.54. The van der Waals surface area contributed by atoms with E-state index in [4.69, 9.17) is 5.11 Å². The molecule has 0 atom stereocenters. The summed E-state index contributed by atoms with van der Waals surface area (Å²) < 4.78 is 0. The molecule has 0 unspecified atom stereocenters. The van der Waals surface area contributed by atoms with Gasteiger partial charge in [-0.15, -0.1) is 0 Å². The first kappa shape index (κ1) is 14.2. The number of aliphatic hydroxyl groups excluding tert-OH is 1. The second-order valence-electron chi connectivity index (χ2n) is 3.95. The molecule has 0 aliphatic rings. The molecule has 3 N–H and O–H groups in total. The van der Waals surface area contributed by atoms with Crippen LogP contribution in [-0.4, -0.2) is 37.3 Å². The second-order valence-corrected chi connectivity index (χ2v) is 3.95. The number of hydrogen-bond acceptors (Lipinski definition) is 2. The van der Waals surface area contributed by atoms with Gasteiger partial charge >= 0.3 is 0 Å². The van der Waals surface area contributed by atoms with E-state index in [0.717, 1.165) is 31.4 Å². The summed E-state index contributed by atoms with van der Waals surface area (Å²) in [6.07, 6.45) is 2.33. The highest BCUT2D eigenvalue weighted by Crippen LogP contribution is 2.02. The Morgan fingerprint density at radius 1 is 1.33 bits per heavy atom. The Hall–Kier alpha value is -0.770. The topological polar surface area (TPSA) is 56.7 Å². The highest BCUT2D eigenvalue weighted by molar-refractivity contribution is 5.79. The molecule has 0 saturated heterocycles. The van der Waals surface area contributed by atoms with Crippen LogP contribution in [0.4, 0.5) is 0 Å². The van der Waals surface area contributed by atoms with Gasteiger partial charge < -0.3 is 15.7 Å². The highest BCUT2D eigenvalue weighted by Gasteiger charge is 1.96. The van der Waals surface area contributed by atoms with E-state index in [0.29, 0.717) is 6.54 Å². The minimum absolute atomic E-state index is 0.135. The van der Waals surface area contributed by atoms with Crippen LogP contribution in [0.2, 0.25) is 0 Å². The molecule has 0 saturated carbocycles. The van der Waals surface area contributed by atoms with Gasteiger partial charge in [0, 0.05) is 19.6 Å². The molecule has 4 nitrogen and oxygen atoms in total. The fraction of sp³-hybridized carbons (Fsp3) is 0.909. The normalized spacial score (nSPS) is 11.9. The Morgan fingerprint density at radius 3 is 2.60 bits per heavy atom. The number of aliphatic imine (C=N–C) groups is 1. The summed E-state index contributed by atoms with van der Waals surface area (Å²) in [6, 6.07) is 0. The van der Waals surface area contributed by atoms with Crippen molar-refractivity contribution in [2.45, 2.75) is 33.6 Å². The van der Waals surface area contributed by atoms with Crippen molar-refractivity contribution in [2.24, 2.45) is 10.9 Å². The third-order valence-electron chi connectivity index (χ3n) is 1.96. The number of guanidine groups is 1. The Kier molecular flexibility index (Phi) is 9.27. The second kappa shape index (κ2) is 9.77. The van der Waals surface area contributed by atoms with Crippen molar-refractivity contribution in [2.75, 3.05) is 26.2 Å². The highest BCUT2D eigenvalue weighted by atomic mass is 16.3. The van der Waals surface area contributed by atoms with Crippen molar-refractivity contribution >= 4 is 5.96 Å². The molecular formula is C11H25N3O. The van der Waals surface area contributed by atoms with Crippen LogP contribution in [0, 0.1) is 5.92 Å². The van der Waals surface area contributed by atoms with E-state index in [2.05, 4.69) is 29.5 Å². The fourth-order valence-electron chi connectivity index (χ4n) is 1.21. The lowest BCUT2D eigenvalue weighted by molar-refractivity contribution is 0.300. The number of nitrogens with one attached hydrogen (secondary N) is 2. The first-order valence-corrected chi connectivity index (χ1v) is 5.83. The molecule has 0 aromatic heterocycles. The minimum atomic E-state index is 0.135. The van der Waals surface area contributed by atoms with E-state index < -0.39 is 0 Å². The summed E-state index contributed by atoms with van der Waals surface area (Å²) in [4.78, 5) is 4.41. The largest absolute Gasteiger partial charge is 0.395 e. The molecule has 0 aliphatic heterocycles. The molecule has 0 aliphatic carbocycles. The van der Waals surface area contributed by atoms with Crippen molar-refractivity contribution in [3.8, 4) is 0 Å². The van der Waals surface area contributed by atoms with Crippen LogP contribution >= 0.6 is 0 Å². The van der Waals surface area contributed by atoms with Crippen LogP contribution in [0.1, 0.15) is 33.6 Å². The average Bonchev–Trinajstić information content (AvgIpc) is 2.20. The van der Waals surface area contributed by atoms with Crippen molar-refractivity contribution in [3.63, 3.8) is 0 Å². The van der Waals surface area contributed by atoms with E-state index in [1.165, 1.54) is 6.42 Å². The molecule has 0 fully saturated rings. The molecule has 90 valence electrons. The predicted molar refractivity (Wildman–Crippen MR) is 65.1 cm³/mol. The van der Waals surface area contributed by atoms with Gasteiger partial charge in [0.05, 0.1) is 6.61 Å². The molecule has 0 aromatic carbocycles. The molecule has 0 amide bonds. The van der Waals surface area contributed by atoms with E-state index >= 15 is 0 Å². The first-order valence-electron chi connectivity index (χ1n) is 5.83. The van der Waals surface area contributed by atoms with E-state index in [1.807, 2.05) is 6.92 Å². The number of rotatable bonds is 7. The zero-order chi connectivity index (χ0) is 11.5. The summed E-state index contributed by atoms with van der Waals surface area (Å²) in [6.45, 7) is 8.86. The minimum Gasteiger partial charge on any atom is -0.395 e. The standard InChI is InChI=1S/C11H25N3O/c1-4-12-11(14-8-9-15)13-7-5-6-10(2)3/h10,15H,4-9H2,1-3H3,(H2,12,13,14). The third-order valence-corrected chi connectivity index (χ3v) is 1.96. The fourth-order valence-corrected chi connectivity index (χ4v) is 1.21. The molecule has 15 heavy (non-hydrogen) atoms.